The first-order chi connectivity index (χ1) is 20.3. The van der Waals surface area contributed by atoms with Gasteiger partial charge in [-0.25, -0.2) is 4.98 Å². The van der Waals surface area contributed by atoms with Crippen LogP contribution in [0.4, 0.5) is 0 Å². The number of carbonyl (C=O) groups is 1. The highest BCUT2D eigenvalue weighted by Crippen LogP contribution is 2.62. The van der Waals surface area contributed by atoms with Crippen molar-refractivity contribution in [1.29, 1.82) is 0 Å². The van der Waals surface area contributed by atoms with Crippen LogP contribution in [0, 0.1) is 6.92 Å². The van der Waals surface area contributed by atoms with Gasteiger partial charge in [-0.05, 0) is 73.6 Å². The quantitative estimate of drug-likeness (QED) is 0.150. The van der Waals surface area contributed by atoms with Crippen molar-refractivity contribution in [3.8, 4) is 22.8 Å². The third-order valence-corrected chi connectivity index (χ3v) is 10.5. The number of fused-ring (bicyclic) bond motifs is 1. The maximum absolute atomic E-state index is 10.8. The van der Waals surface area contributed by atoms with Crippen LogP contribution >= 0.6 is 46.1 Å². The first-order valence-electron chi connectivity index (χ1n) is 13.6. The van der Waals surface area contributed by atoms with E-state index in [0.29, 0.717) is 50.2 Å². The molecule has 7 rings (SSSR count). The minimum atomic E-state index is -0.126. The Morgan fingerprint density at radius 3 is 2.57 bits per heavy atom. The molecule has 0 bridgehead atoms. The van der Waals surface area contributed by atoms with E-state index in [1.807, 2.05) is 37.3 Å². The molecule has 2 aliphatic carbocycles. The van der Waals surface area contributed by atoms with Crippen LogP contribution in [0.5, 0.6) is 11.5 Å². The highest BCUT2D eigenvalue weighted by molar-refractivity contribution is 7.18. The predicted molar refractivity (Wildman–Crippen MR) is 165 cm³/mol. The second kappa shape index (κ2) is 10.6. The molecule has 0 N–H and O–H groups in total. The molecule has 6 nitrogen and oxygen atoms in total. The third kappa shape index (κ3) is 4.86. The van der Waals surface area contributed by atoms with Crippen molar-refractivity contribution in [2.24, 2.45) is 0 Å². The number of ether oxygens (including phenoxy) is 2. The summed E-state index contributed by atoms with van der Waals surface area (Å²) in [6, 6.07) is 15.0. The molecule has 0 saturated heterocycles. The number of hydrogen-bond donors (Lipinski definition) is 0. The van der Waals surface area contributed by atoms with Gasteiger partial charge in [0.2, 0.25) is 0 Å². The largest absolute Gasteiger partial charge is 0.489 e. The molecular formula is C32H25Cl3N2O4S. The second-order valence-electron chi connectivity index (χ2n) is 11.2. The molecule has 42 heavy (non-hydrogen) atoms. The number of hydrogen-bond acceptors (Lipinski definition) is 7. The van der Waals surface area contributed by atoms with Crippen LogP contribution in [0.1, 0.15) is 65.5 Å². The predicted octanol–water partition coefficient (Wildman–Crippen LogP) is 9.66. The molecule has 2 atom stereocenters. The van der Waals surface area contributed by atoms with Crippen molar-refractivity contribution in [1.82, 2.24) is 10.1 Å². The van der Waals surface area contributed by atoms with Crippen LogP contribution in [0.25, 0.3) is 21.5 Å². The molecule has 0 aliphatic heterocycles. The molecule has 2 unspecified atom stereocenters. The van der Waals surface area contributed by atoms with E-state index in [4.69, 9.17) is 53.8 Å². The van der Waals surface area contributed by atoms with Crippen molar-refractivity contribution < 1.29 is 18.8 Å². The Balaban J connectivity index is 1.12. The summed E-state index contributed by atoms with van der Waals surface area (Å²) < 4.78 is 18.1. The molecule has 214 valence electrons. The van der Waals surface area contributed by atoms with Gasteiger partial charge in [-0.15, -0.1) is 11.3 Å². The minimum Gasteiger partial charge on any atom is -0.489 e. The average molecular weight is 640 g/mol. The molecule has 2 aliphatic rings. The first-order valence-corrected chi connectivity index (χ1v) is 15.6. The van der Waals surface area contributed by atoms with Crippen molar-refractivity contribution in [3.63, 3.8) is 0 Å². The molecule has 2 heterocycles. The Hall–Kier alpha value is -3.10. The molecule has 2 saturated carbocycles. The Labute approximate surface area is 261 Å². The molecular weight excluding hydrogens is 615 g/mol. The van der Waals surface area contributed by atoms with Crippen LogP contribution in [-0.4, -0.2) is 16.6 Å². The summed E-state index contributed by atoms with van der Waals surface area (Å²) in [5.74, 6) is 2.58. The van der Waals surface area contributed by atoms with E-state index in [1.54, 1.807) is 29.5 Å². The Morgan fingerprint density at radius 1 is 1.07 bits per heavy atom. The second-order valence-corrected chi connectivity index (χ2v) is 13.5. The third-order valence-electron chi connectivity index (χ3n) is 8.27. The van der Waals surface area contributed by atoms with E-state index in [9.17, 15) is 4.79 Å². The summed E-state index contributed by atoms with van der Waals surface area (Å²) in [5.41, 5.74) is 4.97. The molecule has 0 amide bonds. The smallest absolute Gasteiger partial charge is 0.298 e. The fraction of sp³-hybridized carbons (Fsp3) is 0.281. The maximum Gasteiger partial charge on any atom is 0.298 e. The molecule has 2 aromatic heterocycles. The fourth-order valence-electron chi connectivity index (χ4n) is 5.67. The summed E-state index contributed by atoms with van der Waals surface area (Å²) >= 11 is 21.5. The summed E-state index contributed by atoms with van der Waals surface area (Å²) in [5, 5.41) is 7.08. The highest BCUT2D eigenvalue weighted by Gasteiger charge is 2.55. The fourth-order valence-corrected chi connectivity index (χ4v) is 7.83. The number of nitrogens with zero attached hydrogens (tertiary/aromatic N) is 2. The van der Waals surface area contributed by atoms with Gasteiger partial charge in [-0.2, -0.15) is 0 Å². The summed E-state index contributed by atoms with van der Waals surface area (Å²) in [7, 11) is 0. The number of rotatable bonds is 9. The van der Waals surface area contributed by atoms with Crippen LogP contribution in [-0.2, 0) is 16.8 Å². The molecule has 0 spiro atoms. The monoisotopic (exact) mass is 638 g/mol. The molecule has 2 fully saturated rings. The Morgan fingerprint density at radius 2 is 1.86 bits per heavy atom. The van der Waals surface area contributed by atoms with Gasteiger partial charge in [0.25, 0.3) is 6.47 Å². The van der Waals surface area contributed by atoms with Crippen molar-refractivity contribution >= 4 is 62.8 Å². The lowest BCUT2D eigenvalue weighted by Gasteiger charge is -2.12. The average Bonchev–Trinajstić information content (AvgIpc) is 3.82. The number of halogens is 3. The zero-order chi connectivity index (χ0) is 29.2. The van der Waals surface area contributed by atoms with Gasteiger partial charge in [-0.1, -0.05) is 59.0 Å². The van der Waals surface area contributed by atoms with Gasteiger partial charge in [0.1, 0.15) is 34.6 Å². The number of carbonyl (C=O) groups excluding carboxylic acids is 1. The maximum atomic E-state index is 10.8. The zero-order valence-electron chi connectivity index (χ0n) is 22.7. The normalized spacial score (nSPS) is 19.7. The van der Waals surface area contributed by atoms with Crippen molar-refractivity contribution in [3.05, 3.63) is 91.1 Å². The van der Waals surface area contributed by atoms with Gasteiger partial charge in [0.05, 0.1) is 25.8 Å². The van der Waals surface area contributed by atoms with Crippen LogP contribution in [0.2, 0.25) is 15.1 Å². The molecule has 3 aromatic carbocycles. The highest BCUT2D eigenvalue weighted by atomic mass is 35.5. The lowest BCUT2D eigenvalue weighted by atomic mass is 10.0. The van der Waals surface area contributed by atoms with Crippen molar-refractivity contribution in [2.45, 2.75) is 57.0 Å². The summed E-state index contributed by atoms with van der Waals surface area (Å²) in [4.78, 5) is 15.8. The van der Waals surface area contributed by atoms with E-state index >= 15 is 0 Å². The first kappa shape index (κ1) is 27.7. The van der Waals surface area contributed by atoms with Gasteiger partial charge < -0.3 is 14.0 Å². The standard InChI is InChI=1S/C32H25Cl3N2O4S/c1-16-10-19(40-15-38)12-26-28(16)36-31(42-26)32(2)13-22(32)20-9-8-18(11-25(20)35)39-14-21-29(37-41-30(21)17-6-7-17)27-23(33)4-3-5-24(27)34/h3-5,8-12,15,17,22H,6-7,13-14H2,1-2H3. The van der Waals surface area contributed by atoms with E-state index in [0.717, 1.165) is 56.9 Å². The molecule has 0 radical (unpaired) electrons. The molecule has 10 heteroatoms. The van der Waals surface area contributed by atoms with Crippen molar-refractivity contribution in [2.75, 3.05) is 0 Å². The number of benzene rings is 3. The van der Waals surface area contributed by atoms with E-state index < -0.39 is 0 Å². The van der Waals surface area contributed by atoms with Gasteiger partial charge in [0, 0.05) is 28.0 Å². The lowest BCUT2D eigenvalue weighted by molar-refractivity contribution is -0.120. The van der Waals surface area contributed by atoms with Crippen LogP contribution in [0.15, 0.2) is 53.1 Å². The van der Waals surface area contributed by atoms with E-state index in [-0.39, 0.29) is 17.9 Å². The zero-order valence-corrected chi connectivity index (χ0v) is 25.8. The Bertz CT molecular complexity index is 1840. The number of aryl methyl sites for hydroxylation is 1. The van der Waals surface area contributed by atoms with E-state index in [2.05, 4.69) is 12.1 Å². The SMILES string of the molecule is Cc1cc(OC=O)cc2sc(C3(C)CC3c3ccc(OCc4c(-c5c(Cl)cccc5Cl)noc4C4CC4)cc3Cl)nc12. The Kier molecular flexibility index (Phi) is 6.97. The number of aromatic nitrogens is 2. The van der Waals surface area contributed by atoms with Crippen LogP contribution < -0.4 is 9.47 Å². The lowest BCUT2D eigenvalue weighted by Crippen LogP contribution is -2.04. The van der Waals surface area contributed by atoms with Gasteiger partial charge >= 0.3 is 0 Å². The summed E-state index contributed by atoms with van der Waals surface area (Å²) in [6.45, 7) is 4.90. The summed E-state index contributed by atoms with van der Waals surface area (Å²) in [6.07, 6.45) is 3.05. The minimum absolute atomic E-state index is 0.126. The van der Waals surface area contributed by atoms with Crippen LogP contribution in [0.3, 0.4) is 0 Å². The van der Waals surface area contributed by atoms with Gasteiger partial charge in [0.15, 0.2) is 0 Å². The topological polar surface area (TPSA) is 74.5 Å². The molecule has 5 aromatic rings. The number of thiazole rings is 1. The van der Waals surface area contributed by atoms with Gasteiger partial charge in [-0.3, -0.25) is 4.79 Å². The van der Waals surface area contributed by atoms with E-state index in [1.165, 1.54) is 0 Å².